The fourth-order valence-electron chi connectivity index (χ4n) is 5.91. The van der Waals surface area contributed by atoms with Gasteiger partial charge in [-0.15, -0.1) is 0 Å². The van der Waals surface area contributed by atoms with Gasteiger partial charge in [0.05, 0.1) is 6.04 Å². The Bertz CT molecular complexity index is 1550. The van der Waals surface area contributed by atoms with Crippen LogP contribution in [-0.4, -0.2) is 16.6 Å². The van der Waals surface area contributed by atoms with Gasteiger partial charge < -0.3 is 4.74 Å². The van der Waals surface area contributed by atoms with Crippen LogP contribution in [0, 0.1) is 0 Å². The number of aliphatic imine (C=N–C) groups is 1. The zero-order chi connectivity index (χ0) is 26.7. The zero-order valence-electron chi connectivity index (χ0n) is 22.3. The van der Waals surface area contributed by atoms with E-state index in [1.165, 1.54) is 27.3 Å². The summed E-state index contributed by atoms with van der Waals surface area (Å²) in [6, 6.07) is 51.9. The summed E-state index contributed by atoms with van der Waals surface area (Å²) in [4.78, 5) is 5.40. The second-order valence-electron chi connectivity index (χ2n) is 10.3. The van der Waals surface area contributed by atoms with Crippen LogP contribution >= 0.6 is 8.07 Å². The monoisotopic (exact) mass is 538 g/mol. The third kappa shape index (κ3) is 4.88. The molecular weight excluding hydrogens is 507 g/mol. The maximum absolute atomic E-state index is 6.94. The number of hydrogen-bond donors (Lipinski definition) is 0. The van der Waals surface area contributed by atoms with Gasteiger partial charge in [0.25, 0.3) is 0 Å². The lowest BCUT2D eigenvalue weighted by atomic mass is 9.96. The fourth-order valence-corrected chi connectivity index (χ4v) is 8.46. The van der Waals surface area contributed by atoms with Gasteiger partial charge in [0, 0.05) is 14.6 Å². The molecule has 7 rings (SSSR count). The van der Waals surface area contributed by atoms with Crippen molar-refractivity contribution in [3.63, 3.8) is 0 Å². The highest BCUT2D eigenvalue weighted by Gasteiger charge is 2.42. The van der Waals surface area contributed by atoms with E-state index < -0.39 is 8.07 Å². The molecule has 3 nitrogen and oxygen atoms in total. The minimum absolute atomic E-state index is 0.0290. The van der Waals surface area contributed by atoms with Gasteiger partial charge >= 0.3 is 0 Å². The Labute approximate surface area is 237 Å². The zero-order valence-corrected chi connectivity index (χ0v) is 23.1. The Morgan fingerprint density at radius 3 is 1.68 bits per heavy atom. The average Bonchev–Trinajstić information content (AvgIpc) is 3.48. The van der Waals surface area contributed by atoms with E-state index in [1.807, 2.05) is 0 Å². The molecule has 0 unspecified atom stereocenters. The molecule has 0 saturated carbocycles. The molecule has 0 spiro atoms. The first-order valence-electron chi connectivity index (χ1n) is 13.9. The summed E-state index contributed by atoms with van der Waals surface area (Å²) >= 11 is 0. The Morgan fingerprint density at radius 1 is 0.575 bits per heavy atom. The predicted molar refractivity (Wildman–Crippen MR) is 165 cm³/mol. The molecule has 0 aromatic heterocycles. The molecule has 2 heterocycles. The van der Waals surface area contributed by atoms with Gasteiger partial charge in [-0.25, -0.2) is 4.99 Å². The van der Waals surface area contributed by atoms with Crippen molar-refractivity contribution in [1.82, 2.24) is 4.67 Å². The number of rotatable bonds is 6. The van der Waals surface area contributed by atoms with Crippen LogP contribution in [0.3, 0.4) is 0 Å². The molecule has 2 aliphatic rings. The lowest BCUT2D eigenvalue weighted by Gasteiger charge is -2.41. The number of benzene rings is 5. The van der Waals surface area contributed by atoms with Crippen LogP contribution in [0.4, 0.5) is 0 Å². The molecule has 0 N–H and O–H groups in total. The van der Waals surface area contributed by atoms with Gasteiger partial charge in [0.2, 0.25) is 5.90 Å². The molecule has 0 bridgehead atoms. The quantitative estimate of drug-likeness (QED) is 0.211. The van der Waals surface area contributed by atoms with Gasteiger partial charge in [-0.3, -0.25) is 4.67 Å². The van der Waals surface area contributed by atoms with Crippen molar-refractivity contribution in [2.75, 3.05) is 0 Å². The summed E-state index contributed by atoms with van der Waals surface area (Å²) in [5.74, 6) is 0.844. The van der Waals surface area contributed by atoms with Crippen molar-refractivity contribution in [1.29, 1.82) is 0 Å². The van der Waals surface area contributed by atoms with Crippen molar-refractivity contribution >= 4 is 24.6 Å². The first-order valence-corrected chi connectivity index (χ1v) is 15.2. The van der Waals surface area contributed by atoms with Gasteiger partial charge in [0.1, 0.15) is 6.04 Å². The van der Waals surface area contributed by atoms with Crippen LogP contribution < -0.4 is 10.6 Å². The topological polar surface area (TPSA) is 24.8 Å². The minimum atomic E-state index is -0.813. The molecule has 2 aliphatic heterocycles. The fraction of sp³-hybridized carbons (Fsp3) is 0.139. The molecule has 0 saturated heterocycles. The summed E-state index contributed by atoms with van der Waals surface area (Å²) < 4.78 is 9.60. The van der Waals surface area contributed by atoms with Crippen LogP contribution in [0.5, 0.6) is 0 Å². The first-order chi connectivity index (χ1) is 19.8. The number of fused-ring (bicyclic) bond motifs is 1. The highest BCUT2D eigenvalue weighted by Crippen LogP contribution is 2.48. The summed E-state index contributed by atoms with van der Waals surface area (Å²) in [6.45, 7) is 0.852. The third-order valence-corrected chi connectivity index (χ3v) is 10.3. The van der Waals surface area contributed by atoms with Crippen molar-refractivity contribution < 1.29 is 4.74 Å². The lowest BCUT2D eigenvalue weighted by molar-refractivity contribution is 0.177. The molecule has 0 aliphatic carbocycles. The normalized spacial score (nSPS) is 20.5. The van der Waals surface area contributed by atoms with E-state index in [0.29, 0.717) is 0 Å². The third-order valence-electron chi connectivity index (χ3n) is 7.84. The Hall–Kier alpha value is -4.04. The molecule has 3 atom stereocenters. The molecule has 5 aromatic rings. The van der Waals surface area contributed by atoms with Gasteiger partial charge in [-0.05, 0) is 39.3 Å². The van der Waals surface area contributed by atoms with Crippen molar-refractivity contribution in [2.24, 2.45) is 4.99 Å². The molecule has 40 heavy (non-hydrogen) atoms. The standard InChI is InChI=1S/C36H31N2OP/c1-5-15-27(16-6-1)34-35(28-17-7-2-8-18-28)39-36(37-34)33-25-29-19-13-14-20-30(29)26-38(33)40(31-21-9-3-10-22-31)32-23-11-4-12-24-32/h1-24,33-35H,25-26H2/t33-,34-,35+/m0/s1. The van der Waals surface area contributed by atoms with E-state index in [-0.39, 0.29) is 18.2 Å². The van der Waals surface area contributed by atoms with E-state index in [0.717, 1.165) is 24.4 Å². The SMILES string of the molecule is c1ccc([C@H]2OC([C@@H]3Cc4ccccc4CN3P(c3ccccc3)c3ccccc3)=N[C@H]2c2ccccc2)cc1. The van der Waals surface area contributed by atoms with E-state index in [4.69, 9.17) is 9.73 Å². The Morgan fingerprint density at radius 2 is 1.07 bits per heavy atom. The summed E-state index contributed by atoms with van der Waals surface area (Å²) in [5.41, 5.74) is 5.11. The van der Waals surface area contributed by atoms with Gasteiger partial charge in [-0.2, -0.15) is 0 Å². The minimum Gasteiger partial charge on any atom is -0.469 e. The lowest BCUT2D eigenvalue weighted by Crippen LogP contribution is -2.46. The van der Waals surface area contributed by atoms with E-state index in [9.17, 15) is 0 Å². The number of nitrogens with zero attached hydrogens (tertiary/aromatic N) is 2. The highest BCUT2D eigenvalue weighted by atomic mass is 31.1. The van der Waals surface area contributed by atoms with Crippen molar-refractivity contribution in [3.8, 4) is 0 Å². The van der Waals surface area contributed by atoms with E-state index in [2.05, 4.69) is 150 Å². The molecule has 5 aromatic carbocycles. The van der Waals surface area contributed by atoms with Gasteiger partial charge in [0.15, 0.2) is 6.10 Å². The van der Waals surface area contributed by atoms with E-state index in [1.54, 1.807) is 0 Å². The van der Waals surface area contributed by atoms with Gasteiger partial charge in [-0.1, -0.05) is 146 Å². The Balaban J connectivity index is 1.35. The molecule has 196 valence electrons. The van der Waals surface area contributed by atoms with E-state index >= 15 is 0 Å². The highest BCUT2D eigenvalue weighted by molar-refractivity contribution is 7.70. The number of hydrogen-bond acceptors (Lipinski definition) is 3. The largest absolute Gasteiger partial charge is 0.469 e. The second-order valence-corrected chi connectivity index (χ2v) is 12.5. The average molecular weight is 539 g/mol. The predicted octanol–water partition coefficient (Wildman–Crippen LogP) is 7.37. The number of ether oxygens (including phenoxy) is 1. The summed E-state index contributed by atoms with van der Waals surface area (Å²) in [7, 11) is -0.813. The smallest absolute Gasteiger partial charge is 0.203 e. The summed E-state index contributed by atoms with van der Waals surface area (Å²) in [5, 5.41) is 2.68. The van der Waals surface area contributed by atoms with Crippen LogP contribution in [0.15, 0.2) is 151 Å². The van der Waals surface area contributed by atoms with Crippen molar-refractivity contribution in [3.05, 3.63) is 168 Å². The van der Waals surface area contributed by atoms with Crippen LogP contribution in [0.1, 0.15) is 34.4 Å². The van der Waals surface area contributed by atoms with Crippen LogP contribution in [-0.2, 0) is 17.7 Å². The second kappa shape index (κ2) is 11.2. The van der Waals surface area contributed by atoms with Crippen LogP contribution in [0.2, 0.25) is 0 Å². The molecular formula is C36H31N2OP. The summed E-state index contributed by atoms with van der Waals surface area (Å²) in [6.07, 6.45) is 0.716. The van der Waals surface area contributed by atoms with Crippen LogP contribution in [0.25, 0.3) is 0 Å². The maximum Gasteiger partial charge on any atom is 0.203 e. The molecule has 4 heteroatoms. The maximum atomic E-state index is 6.94. The first kappa shape index (κ1) is 25.0. The molecule has 0 amide bonds. The Kier molecular flexibility index (Phi) is 7.00. The molecule has 0 radical (unpaired) electrons. The van der Waals surface area contributed by atoms with Crippen molar-refractivity contribution in [2.45, 2.75) is 31.2 Å². The molecule has 0 fully saturated rings.